The van der Waals surface area contributed by atoms with Crippen molar-refractivity contribution in [2.75, 3.05) is 13.1 Å². The standard InChI is InChI=1S/C16H26N4O2/c1-5-13-17-6-8-19(13)9-7-18-15(22)12-10-14(21)20(11-12)16(2,3)4/h6,8,12H,5,7,9-11H2,1-4H3,(H,18,22)/t12-/m0/s1. The van der Waals surface area contributed by atoms with Crippen LogP contribution in [0.25, 0.3) is 0 Å². The maximum Gasteiger partial charge on any atom is 0.225 e. The lowest BCUT2D eigenvalue weighted by atomic mass is 10.1. The average molecular weight is 306 g/mol. The fourth-order valence-corrected chi connectivity index (χ4v) is 2.83. The Kier molecular flexibility index (Phi) is 4.88. The summed E-state index contributed by atoms with van der Waals surface area (Å²) in [7, 11) is 0. The predicted molar refractivity (Wildman–Crippen MR) is 84.2 cm³/mol. The van der Waals surface area contributed by atoms with Gasteiger partial charge in [-0.25, -0.2) is 4.98 Å². The van der Waals surface area contributed by atoms with Crippen LogP contribution in [0.2, 0.25) is 0 Å². The minimum absolute atomic E-state index is 0.0294. The Morgan fingerprint density at radius 3 is 2.77 bits per heavy atom. The molecule has 0 radical (unpaired) electrons. The zero-order valence-electron chi connectivity index (χ0n) is 13.9. The lowest BCUT2D eigenvalue weighted by Gasteiger charge is -2.31. The highest BCUT2D eigenvalue weighted by Crippen LogP contribution is 2.25. The highest BCUT2D eigenvalue weighted by Gasteiger charge is 2.39. The van der Waals surface area contributed by atoms with Crippen LogP contribution in [0.4, 0.5) is 0 Å². The summed E-state index contributed by atoms with van der Waals surface area (Å²) < 4.78 is 2.04. The molecule has 0 spiro atoms. The van der Waals surface area contributed by atoms with Crippen LogP contribution in [0.3, 0.4) is 0 Å². The van der Waals surface area contributed by atoms with Crippen LogP contribution in [0.5, 0.6) is 0 Å². The Balaban J connectivity index is 1.82. The van der Waals surface area contributed by atoms with Crippen LogP contribution >= 0.6 is 0 Å². The summed E-state index contributed by atoms with van der Waals surface area (Å²) in [4.78, 5) is 30.3. The lowest BCUT2D eigenvalue weighted by Crippen LogP contribution is -2.43. The summed E-state index contributed by atoms with van der Waals surface area (Å²) in [6.07, 6.45) is 4.88. The Morgan fingerprint density at radius 1 is 1.45 bits per heavy atom. The largest absolute Gasteiger partial charge is 0.354 e. The number of amides is 2. The van der Waals surface area contributed by atoms with E-state index < -0.39 is 0 Å². The molecule has 0 aliphatic carbocycles. The molecule has 1 aromatic rings. The highest BCUT2D eigenvalue weighted by molar-refractivity contribution is 5.89. The number of imidazole rings is 1. The van der Waals surface area contributed by atoms with Gasteiger partial charge in [0.2, 0.25) is 11.8 Å². The van der Waals surface area contributed by atoms with E-state index in [-0.39, 0.29) is 23.3 Å². The van der Waals surface area contributed by atoms with E-state index in [1.807, 2.05) is 31.5 Å². The highest BCUT2D eigenvalue weighted by atomic mass is 16.2. The molecule has 1 atom stereocenters. The lowest BCUT2D eigenvalue weighted by molar-refractivity contribution is -0.132. The second-order valence-electron chi connectivity index (χ2n) is 6.76. The van der Waals surface area contributed by atoms with Gasteiger partial charge in [-0.3, -0.25) is 9.59 Å². The SMILES string of the molecule is CCc1nccn1CCNC(=O)[C@H]1CC(=O)N(C(C)(C)C)C1. The number of nitrogens with zero attached hydrogens (tertiary/aromatic N) is 3. The Hall–Kier alpha value is -1.85. The maximum atomic E-state index is 12.2. The van der Waals surface area contributed by atoms with Gasteiger partial charge in [-0.2, -0.15) is 0 Å². The summed E-state index contributed by atoms with van der Waals surface area (Å²) in [5, 5.41) is 2.94. The van der Waals surface area contributed by atoms with Crippen molar-refractivity contribution in [1.82, 2.24) is 19.8 Å². The number of carbonyl (C=O) groups is 2. The number of nitrogens with one attached hydrogen (secondary N) is 1. The number of rotatable bonds is 5. The third-order valence-corrected chi connectivity index (χ3v) is 4.08. The van der Waals surface area contributed by atoms with Gasteiger partial charge in [0.15, 0.2) is 0 Å². The molecule has 2 amide bonds. The van der Waals surface area contributed by atoms with Gasteiger partial charge in [0.05, 0.1) is 5.92 Å². The number of hydrogen-bond donors (Lipinski definition) is 1. The minimum atomic E-state index is -0.236. The molecule has 122 valence electrons. The van der Waals surface area contributed by atoms with Crippen molar-refractivity contribution in [3.63, 3.8) is 0 Å². The summed E-state index contributed by atoms with van der Waals surface area (Å²) in [6.45, 7) is 9.83. The molecule has 1 N–H and O–H groups in total. The average Bonchev–Trinajstić information content (AvgIpc) is 3.04. The summed E-state index contributed by atoms with van der Waals surface area (Å²) in [6, 6.07) is 0. The van der Waals surface area contributed by atoms with E-state index in [4.69, 9.17) is 0 Å². The summed E-state index contributed by atoms with van der Waals surface area (Å²) >= 11 is 0. The first-order valence-electron chi connectivity index (χ1n) is 7.91. The molecule has 0 aromatic carbocycles. The molecule has 22 heavy (non-hydrogen) atoms. The molecule has 2 rings (SSSR count). The molecule has 6 nitrogen and oxygen atoms in total. The topological polar surface area (TPSA) is 67.2 Å². The van der Waals surface area contributed by atoms with Gasteiger partial charge < -0.3 is 14.8 Å². The van der Waals surface area contributed by atoms with E-state index >= 15 is 0 Å². The molecule has 1 aromatic heterocycles. The van der Waals surface area contributed by atoms with E-state index in [1.165, 1.54) is 0 Å². The molecule has 6 heteroatoms. The van der Waals surface area contributed by atoms with Crippen molar-refractivity contribution < 1.29 is 9.59 Å². The van der Waals surface area contributed by atoms with Crippen LogP contribution in [0, 0.1) is 5.92 Å². The monoisotopic (exact) mass is 306 g/mol. The summed E-state index contributed by atoms with van der Waals surface area (Å²) in [5.74, 6) is 0.818. The van der Waals surface area contributed by atoms with Gasteiger partial charge in [-0.15, -0.1) is 0 Å². The van der Waals surface area contributed by atoms with Gasteiger partial charge in [0.25, 0.3) is 0 Å². The quantitative estimate of drug-likeness (QED) is 0.889. The first-order chi connectivity index (χ1) is 10.3. The number of carbonyl (C=O) groups excluding carboxylic acids is 2. The minimum Gasteiger partial charge on any atom is -0.354 e. The first kappa shape index (κ1) is 16.5. The van der Waals surface area contributed by atoms with Crippen molar-refractivity contribution in [3.8, 4) is 0 Å². The zero-order valence-corrected chi connectivity index (χ0v) is 13.9. The second kappa shape index (κ2) is 6.50. The number of hydrogen-bond acceptors (Lipinski definition) is 3. The van der Waals surface area contributed by atoms with Crippen molar-refractivity contribution in [1.29, 1.82) is 0 Å². The Labute approximate surface area is 131 Å². The molecule has 0 saturated carbocycles. The van der Waals surface area contributed by atoms with Crippen LogP contribution in [-0.2, 0) is 22.6 Å². The zero-order chi connectivity index (χ0) is 16.3. The van der Waals surface area contributed by atoms with E-state index in [1.54, 1.807) is 11.1 Å². The fourth-order valence-electron chi connectivity index (χ4n) is 2.83. The molecule has 1 aliphatic heterocycles. The van der Waals surface area contributed by atoms with Gasteiger partial charge in [0.1, 0.15) is 5.82 Å². The Morgan fingerprint density at radius 2 is 2.18 bits per heavy atom. The third kappa shape index (κ3) is 3.67. The van der Waals surface area contributed by atoms with Crippen molar-refractivity contribution in [2.45, 2.75) is 52.6 Å². The van der Waals surface area contributed by atoms with Crippen molar-refractivity contribution >= 4 is 11.8 Å². The van der Waals surface area contributed by atoms with Gasteiger partial charge in [-0.1, -0.05) is 6.92 Å². The Bertz CT molecular complexity index is 545. The second-order valence-corrected chi connectivity index (χ2v) is 6.76. The predicted octanol–water partition coefficient (Wildman–Crippen LogP) is 1.21. The molecule has 0 unspecified atom stereocenters. The van der Waals surface area contributed by atoms with Crippen LogP contribution in [0.1, 0.15) is 39.9 Å². The van der Waals surface area contributed by atoms with Crippen molar-refractivity contribution in [2.24, 2.45) is 5.92 Å². The number of aromatic nitrogens is 2. The fraction of sp³-hybridized carbons (Fsp3) is 0.688. The van der Waals surface area contributed by atoms with E-state index in [0.717, 1.165) is 12.2 Å². The number of likely N-dealkylation sites (tertiary alicyclic amines) is 1. The first-order valence-corrected chi connectivity index (χ1v) is 7.91. The van der Waals surface area contributed by atoms with Crippen molar-refractivity contribution in [3.05, 3.63) is 18.2 Å². The molecular formula is C16H26N4O2. The molecule has 2 heterocycles. The smallest absolute Gasteiger partial charge is 0.225 e. The molecule has 1 saturated heterocycles. The van der Waals surface area contributed by atoms with Gasteiger partial charge >= 0.3 is 0 Å². The summed E-state index contributed by atoms with van der Waals surface area (Å²) in [5.41, 5.74) is -0.223. The van der Waals surface area contributed by atoms with Crippen LogP contribution in [0.15, 0.2) is 12.4 Å². The maximum absolute atomic E-state index is 12.2. The van der Waals surface area contributed by atoms with E-state index in [9.17, 15) is 9.59 Å². The van der Waals surface area contributed by atoms with Crippen LogP contribution < -0.4 is 5.32 Å². The molecule has 1 fully saturated rings. The van der Waals surface area contributed by atoms with Gasteiger partial charge in [0, 0.05) is 50.4 Å². The third-order valence-electron chi connectivity index (χ3n) is 4.08. The van der Waals surface area contributed by atoms with E-state index in [2.05, 4.69) is 17.2 Å². The normalized spacial score (nSPS) is 18.8. The molecule has 1 aliphatic rings. The number of aryl methyl sites for hydroxylation is 1. The van der Waals surface area contributed by atoms with Crippen LogP contribution in [-0.4, -0.2) is 44.9 Å². The van der Waals surface area contributed by atoms with E-state index in [0.29, 0.717) is 26.1 Å². The van der Waals surface area contributed by atoms with Gasteiger partial charge in [-0.05, 0) is 20.8 Å². The molecular weight excluding hydrogens is 280 g/mol. The molecule has 0 bridgehead atoms.